The van der Waals surface area contributed by atoms with Gasteiger partial charge in [-0.3, -0.25) is 37.1 Å². The number of rotatable bonds is 15. The second-order valence-corrected chi connectivity index (χ2v) is 26.2. The van der Waals surface area contributed by atoms with E-state index in [2.05, 4.69) is 45.9 Å². The maximum absolute atomic E-state index is 17.0. The standard InChI is InChI=1S/C54H56BF2N15O11P2S/c1-2-41(75)69-23-31-10-5-6-11-33(31)47-44(34-12-7-8-13-36(34)69)67-68-72(47)21-9-3-4-14-39(73)61-22-40(74)66-32-17-15-30(16-18-32)26-86-85(77)79-25-38-48(42(56)53(81-38)71-29-65-46-50(59)62-27-63-52(46)71)82-84(55,76)78-24-37-49(83-85)43(57)54(80-37)70-28-64-45-35(58)19-20-60-51(45)70/h5-8,10-13,15-20,27-29,37-38,42-43,48-49,53-54H,2-4,9,14,21-26H2,1H3,(H2,58,60)(H,61,73)(H,66,74)(H2,59,62,63)/t37-,38-,42-,43-,48-,49-,53-,54-,84-,85-/m1/s1. The number of amides is 3. The summed E-state index contributed by atoms with van der Waals surface area (Å²) in [6.45, 7) is -3.58. The zero-order valence-corrected chi connectivity index (χ0v) is 48.5. The van der Waals surface area contributed by atoms with Crippen molar-refractivity contribution in [2.45, 2.75) is 107 Å². The first-order valence-corrected chi connectivity index (χ1v) is 32.2. The number of nitrogens with two attached hydrogens (primary N) is 2. The summed E-state index contributed by atoms with van der Waals surface area (Å²) in [5, 5.41) is 14.6. The molecule has 3 saturated heterocycles. The van der Waals surface area contributed by atoms with E-state index in [4.69, 9.17) is 46.6 Å². The minimum absolute atomic E-state index is 0.00678. The van der Waals surface area contributed by atoms with Crippen LogP contribution >= 0.6 is 25.7 Å². The Kier molecular flexibility index (Phi) is 16.9. The van der Waals surface area contributed by atoms with Crippen LogP contribution in [0.1, 0.15) is 62.6 Å². The Bertz CT molecular complexity index is 3960. The van der Waals surface area contributed by atoms with E-state index in [1.807, 2.05) is 60.1 Å². The molecule has 5 aromatic heterocycles. The van der Waals surface area contributed by atoms with Crippen LogP contribution in [-0.4, -0.2) is 131 Å². The first-order chi connectivity index (χ1) is 41.5. The molecule has 12 rings (SSSR count). The molecule has 10 atom stereocenters. The maximum Gasteiger partial charge on any atom is 0.389 e. The monoisotopic (exact) mass is 1230 g/mol. The maximum atomic E-state index is 17.0. The van der Waals surface area contributed by atoms with Gasteiger partial charge in [0.25, 0.3) is 7.47 Å². The Hall–Kier alpha value is -7.53. The van der Waals surface area contributed by atoms with Gasteiger partial charge in [-0.1, -0.05) is 73.2 Å². The Morgan fingerprint density at radius 2 is 1.47 bits per heavy atom. The number of nitrogens with zero attached hydrogens (tertiary/aromatic N) is 11. The van der Waals surface area contributed by atoms with Crippen molar-refractivity contribution in [1.82, 2.24) is 54.4 Å². The third-order valence-corrected chi connectivity index (χ3v) is 19.7. The quantitative estimate of drug-likeness (QED) is 0.0437. The van der Waals surface area contributed by atoms with Gasteiger partial charge in [-0.25, -0.2) is 42.9 Å². The Balaban J connectivity index is 0.673. The normalized spacial score (nSPS) is 25.6. The van der Waals surface area contributed by atoms with Gasteiger partial charge in [-0.2, -0.15) is 0 Å². The largest absolute Gasteiger partial charge is 0.397 e. The van der Waals surface area contributed by atoms with Crippen LogP contribution in [0.15, 0.2) is 104 Å². The number of fused-ring (bicyclic) bond motifs is 9. The number of anilines is 4. The lowest BCUT2D eigenvalue weighted by molar-refractivity contribution is -0.124. The molecule has 4 aliphatic rings. The number of halogens is 2. The summed E-state index contributed by atoms with van der Waals surface area (Å²) in [6.07, 6.45) is -6.27. The molecule has 3 aromatic carbocycles. The van der Waals surface area contributed by atoms with Gasteiger partial charge in [0, 0.05) is 48.2 Å². The highest BCUT2D eigenvalue weighted by molar-refractivity contribution is 8.54. The molecule has 446 valence electrons. The number of nitrogen functional groups attached to an aromatic ring is 2. The molecule has 86 heavy (non-hydrogen) atoms. The lowest BCUT2D eigenvalue weighted by atomic mass is 9.95. The molecular weight excluding hydrogens is 1180 g/mol. The van der Waals surface area contributed by atoms with Crippen LogP contribution in [0.3, 0.4) is 0 Å². The molecule has 4 aliphatic heterocycles. The predicted molar refractivity (Wildman–Crippen MR) is 312 cm³/mol. The number of hydrogen-bond acceptors (Lipinski definition) is 21. The van der Waals surface area contributed by atoms with Crippen molar-refractivity contribution in [2.24, 2.45) is 0 Å². The zero-order valence-electron chi connectivity index (χ0n) is 45.9. The molecule has 8 aromatic rings. The highest BCUT2D eigenvalue weighted by atomic mass is 32.7. The SMILES string of the molecule is [B][P@@]1(=O)OC[C@H]2O[C@@H](n3cnc4c(N)ccnc43)[C@H](F)[C@@H]2O[P@](=O)(SCc2ccc(NC(=O)CNC(=O)CCCCCn3nnc4c3-c3ccccc3CN(C(=O)CC)c3ccccc3-4)cc2)OC[C@H]2O[C@@H](n3cnc4c(N)ncnc43)[C@H](F)[C@@H]2O1. The van der Waals surface area contributed by atoms with Crippen molar-refractivity contribution in [1.29, 1.82) is 0 Å². The second-order valence-electron chi connectivity index (χ2n) is 20.7. The third kappa shape index (κ3) is 12.0. The molecule has 0 spiro atoms. The molecule has 0 unspecified atom stereocenters. The van der Waals surface area contributed by atoms with Gasteiger partial charge in [0.15, 0.2) is 41.9 Å². The summed E-state index contributed by atoms with van der Waals surface area (Å²) in [5.74, 6) is -0.833. The van der Waals surface area contributed by atoms with Crippen LogP contribution in [0, 0.1) is 0 Å². The molecule has 0 bridgehead atoms. The van der Waals surface area contributed by atoms with Crippen molar-refractivity contribution in [3.05, 3.63) is 115 Å². The number of aryl methyl sites for hydroxylation is 1. The minimum atomic E-state index is -4.72. The Labute approximate surface area is 494 Å². The molecule has 9 heterocycles. The fourth-order valence-corrected chi connectivity index (χ4v) is 15.2. The smallest absolute Gasteiger partial charge is 0.389 e. The van der Waals surface area contributed by atoms with Crippen molar-refractivity contribution in [3.63, 3.8) is 0 Å². The first kappa shape index (κ1) is 58.8. The van der Waals surface area contributed by atoms with Crippen molar-refractivity contribution in [3.8, 4) is 22.5 Å². The summed E-state index contributed by atoms with van der Waals surface area (Å²) in [7, 11) is 1.33. The number of para-hydroxylation sites is 1. The molecular formula is C54H56BF2N15O11P2S. The first-order valence-electron chi connectivity index (χ1n) is 27.5. The van der Waals surface area contributed by atoms with E-state index >= 15 is 13.3 Å². The summed E-state index contributed by atoms with van der Waals surface area (Å²) in [5.41, 5.74) is 19.0. The molecule has 32 heteroatoms. The lowest BCUT2D eigenvalue weighted by Gasteiger charge is -2.30. The third-order valence-electron chi connectivity index (χ3n) is 15.0. The van der Waals surface area contributed by atoms with Gasteiger partial charge in [-0.15, -0.1) is 5.10 Å². The number of carbonyl (C=O) groups is 3. The number of pyridine rings is 1. The number of aromatic nitrogens is 10. The van der Waals surface area contributed by atoms with Crippen LogP contribution in [-0.2, 0) is 69.9 Å². The van der Waals surface area contributed by atoms with Gasteiger partial charge in [-0.05, 0) is 59.6 Å². The average molecular weight is 1230 g/mol. The average Bonchev–Trinajstić information content (AvgIpc) is 2.46. The number of imidazole rings is 2. The predicted octanol–water partition coefficient (Wildman–Crippen LogP) is 7.54. The van der Waals surface area contributed by atoms with E-state index in [0.717, 1.165) is 34.4 Å². The summed E-state index contributed by atoms with van der Waals surface area (Å²) in [4.78, 5) is 61.8. The van der Waals surface area contributed by atoms with Crippen molar-refractivity contribution >= 4 is 96.1 Å². The molecule has 3 amide bonds. The number of alkyl halides is 2. The number of nitrogens with one attached hydrogen (secondary N) is 2. The van der Waals surface area contributed by atoms with E-state index in [9.17, 15) is 18.9 Å². The van der Waals surface area contributed by atoms with Gasteiger partial charge in [0.1, 0.15) is 47.5 Å². The molecule has 3 fully saturated rings. The van der Waals surface area contributed by atoms with E-state index in [0.29, 0.717) is 67.1 Å². The van der Waals surface area contributed by atoms with E-state index < -0.39 is 82.6 Å². The molecule has 26 nitrogen and oxygen atoms in total. The highest BCUT2D eigenvalue weighted by Crippen LogP contribution is 2.65. The summed E-state index contributed by atoms with van der Waals surface area (Å²) >= 11 is 0.669. The molecule has 0 saturated carbocycles. The highest BCUT2D eigenvalue weighted by Gasteiger charge is 2.55. The van der Waals surface area contributed by atoms with Gasteiger partial charge >= 0.3 is 6.80 Å². The molecule has 0 aliphatic carbocycles. The molecule has 6 N–H and O–H groups in total. The van der Waals surface area contributed by atoms with Crippen LogP contribution in [0.4, 0.5) is 31.7 Å². The summed E-state index contributed by atoms with van der Waals surface area (Å²) < 4.78 is 103. The van der Waals surface area contributed by atoms with Crippen LogP contribution in [0.2, 0.25) is 0 Å². The van der Waals surface area contributed by atoms with Gasteiger partial charge < -0.3 is 45.5 Å². The van der Waals surface area contributed by atoms with Crippen LogP contribution in [0.25, 0.3) is 44.8 Å². The van der Waals surface area contributed by atoms with E-state index in [1.165, 1.54) is 34.1 Å². The zero-order chi connectivity index (χ0) is 59.9. The van der Waals surface area contributed by atoms with E-state index in [-0.39, 0.29) is 64.4 Å². The van der Waals surface area contributed by atoms with Gasteiger partial charge in [0.05, 0.1) is 56.0 Å². The molecule has 2 radical (unpaired) electrons. The van der Waals surface area contributed by atoms with Crippen molar-refractivity contribution < 1.29 is 59.9 Å². The second kappa shape index (κ2) is 24.7. The lowest BCUT2D eigenvalue weighted by Crippen LogP contribution is -2.37. The van der Waals surface area contributed by atoms with Crippen LogP contribution < -0.4 is 27.0 Å². The Morgan fingerprint density at radius 3 is 2.22 bits per heavy atom. The fourth-order valence-electron chi connectivity index (χ4n) is 10.8. The number of unbranched alkanes of at least 4 members (excludes halogenated alkanes) is 2. The van der Waals surface area contributed by atoms with Crippen molar-refractivity contribution in [2.75, 3.05) is 41.4 Å². The van der Waals surface area contributed by atoms with E-state index in [1.54, 1.807) is 29.2 Å². The number of carbonyl (C=O) groups excluding carboxylic acids is 3. The number of ether oxygens (including phenoxy) is 2. The summed E-state index contributed by atoms with van der Waals surface area (Å²) in [6, 6.07) is 23.7. The topological polar surface area (TPSA) is 325 Å². The number of benzene rings is 3. The Morgan fingerprint density at radius 1 is 0.779 bits per heavy atom. The van der Waals surface area contributed by atoms with Crippen LogP contribution in [0.5, 0.6) is 0 Å². The minimum Gasteiger partial charge on any atom is -0.397 e. The van der Waals surface area contributed by atoms with Gasteiger partial charge in [0.2, 0.25) is 25.3 Å². The number of hydrogen-bond donors (Lipinski definition) is 4. The fraction of sp³-hybridized carbons (Fsp3) is 0.370.